The molecule has 1 heterocycles. The highest BCUT2D eigenvalue weighted by Gasteiger charge is 1.94. The third-order valence-electron chi connectivity index (χ3n) is 1.92. The van der Waals surface area contributed by atoms with Crippen LogP contribution in [0.1, 0.15) is 45.4 Å². The molecule has 15 heavy (non-hydrogen) atoms. The van der Waals surface area contributed by atoms with Gasteiger partial charge in [0.1, 0.15) is 0 Å². The first-order chi connectivity index (χ1) is 7.27. The van der Waals surface area contributed by atoms with Crippen LogP contribution in [0, 0.1) is 0 Å². The van der Waals surface area contributed by atoms with Crippen molar-refractivity contribution in [2.24, 2.45) is 0 Å². The topological polar surface area (TPSA) is 37.3 Å². The summed E-state index contributed by atoms with van der Waals surface area (Å²) in [5.41, 5.74) is 0. The van der Waals surface area contributed by atoms with Crippen molar-refractivity contribution in [3.8, 4) is 0 Å². The van der Waals surface area contributed by atoms with Crippen LogP contribution < -0.4 is 0 Å². The standard InChI is InChI=1S/C8H16O2.C4H4S/c1-2-3-4-5-6-7-8(9)10;1-2-4-5-3-1/h2-7H2,1H3,(H,9,10);1-4H. The smallest absolute Gasteiger partial charge is 0.303 e. The Morgan fingerprint density at radius 3 is 2.13 bits per heavy atom. The Kier molecular flexibility index (Phi) is 10.6. The molecule has 0 saturated carbocycles. The van der Waals surface area contributed by atoms with Crippen LogP contribution in [0.25, 0.3) is 0 Å². The molecule has 0 unspecified atom stereocenters. The summed E-state index contributed by atoms with van der Waals surface area (Å²) in [5.74, 6) is -0.670. The first-order valence-corrected chi connectivity index (χ1v) is 6.40. The first-order valence-electron chi connectivity index (χ1n) is 5.46. The maximum Gasteiger partial charge on any atom is 0.303 e. The molecule has 0 aliphatic rings. The molecule has 0 aliphatic heterocycles. The van der Waals surface area contributed by atoms with Crippen LogP contribution in [0.2, 0.25) is 0 Å². The zero-order chi connectivity index (χ0) is 11.4. The van der Waals surface area contributed by atoms with Gasteiger partial charge < -0.3 is 5.11 Å². The summed E-state index contributed by atoms with van der Waals surface area (Å²) < 4.78 is 0. The van der Waals surface area contributed by atoms with E-state index in [1.165, 1.54) is 19.3 Å². The van der Waals surface area contributed by atoms with Crippen LogP contribution >= 0.6 is 11.3 Å². The highest BCUT2D eigenvalue weighted by atomic mass is 32.1. The summed E-state index contributed by atoms with van der Waals surface area (Å²) in [6, 6.07) is 4.04. The van der Waals surface area contributed by atoms with Gasteiger partial charge in [-0.1, -0.05) is 44.7 Å². The van der Waals surface area contributed by atoms with Gasteiger partial charge in [0.15, 0.2) is 0 Å². The van der Waals surface area contributed by atoms with Crippen LogP contribution in [0.15, 0.2) is 22.9 Å². The molecular weight excluding hydrogens is 208 g/mol. The van der Waals surface area contributed by atoms with Crippen LogP contribution in [-0.4, -0.2) is 11.1 Å². The maximum atomic E-state index is 10.0. The van der Waals surface area contributed by atoms with Crippen molar-refractivity contribution < 1.29 is 9.90 Å². The molecule has 86 valence electrons. The molecule has 0 fully saturated rings. The lowest BCUT2D eigenvalue weighted by molar-refractivity contribution is -0.137. The highest BCUT2D eigenvalue weighted by molar-refractivity contribution is 7.07. The van der Waals surface area contributed by atoms with E-state index in [0.29, 0.717) is 6.42 Å². The predicted octanol–water partition coefficient (Wildman–Crippen LogP) is 4.18. The Hall–Kier alpha value is -0.830. The van der Waals surface area contributed by atoms with Crippen LogP contribution in [0.4, 0.5) is 0 Å². The summed E-state index contributed by atoms with van der Waals surface area (Å²) in [6.07, 6.45) is 5.88. The second kappa shape index (κ2) is 11.2. The van der Waals surface area contributed by atoms with Gasteiger partial charge >= 0.3 is 5.97 Å². The second-order valence-electron chi connectivity index (χ2n) is 3.35. The van der Waals surface area contributed by atoms with Gasteiger partial charge in [0.2, 0.25) is 0 Å². The highest BCUT2D eigenvalue weighted by Crippen LogP contribution is 2.04. The van der Waals surface area contributed by atoms with Gasteiger partial charge in [-0.2, -0.15) is 11.3 Å². The molecule has 0 bridgehead atoms. The van der Waals surface area contributed by atoms with Crippen molar-refractivity contribution in [3.05, 3.63) is 22.9 Å². The summed E-state index contributed by atoms with van der Waals surface area (Å²) in [7, 11) is 0. The van der Waals surface area contributed by atoms with Crippen molar-refractivity contribution in [2.45, 2.75) is 45.4 Å². The van der Waals surface area contributed by atoms with E-state index in [0.717, 1.165) is 12.8 Å². The number of aliphatic carboxylic acids is 1. The average molecular weight is 228 g/mol. The third-order valence-corrected chi connectivity index (χ3v) is 2.55. The lowest BCUT2D eigenvalue weighted by Gasteiger charge is -1.95. The van der Waals surface area contributed by atoms with E-state index in [2.05, 4.69) is 6.92 Å². The molecule has 2 nitrogen and oxygen atoms in total. The summed E-state index contributed by atoms with van der Waals surface area (Å²) >= 11 is 1.71. The monoisotopic (exact) mass is 228 g/mol. The largest absolute Gasteiger partial charge is 0.481 e. The van der Waals surface area contributed by atoms with E-state index in [4.69, 9.17) is 5.11 Å². The van der Waals surface area contributed by atoms with Gasteiger partial charge in [0.25, 0.3) is 0 Å². The molecule has 0 aromatic carbocycles. The molecule has 0 spiro atoms. The van der Waals surface area contributed by atoms with Gasteiger partial charge in [0, 0.05) is 6.42 Å². The molecule has 0 saturated heterocycles. The summed E-state index contributed by atoms with van der Waals surface area (Å²) in [5, 5.41) is 12.4. The number of unbranched alkanes of at least 4 members (excludes halogenated alkanes) is 4. The summed E-state index contributed by atoms with van der Waals surface area (Å²) in [4.78, 5) is 10.0. The molecule has 0 radical (unpaired) electrons. The van der Waals surface area contributed by atoms with Crippen molar-refractivity contribution >= 4 is 17.3 Å². The number of rotatable bonds is 6. The molecular formula is C12H20O2S. The van der Waals surface area contributed by atoms with Crippen molar-refractivity contribution in [1.29, 1.82) is 0 Å². The molecule has 0 amide bonds. The fourth-order valence-electron chi connectivity index (χ4n) is 1.11. The Balaban J connectivity index is 0.000000322. The van der Waals surface area contributed by atoms with Gasteiger partial charge in [-0.05, 0) is 17.2 Å². The minimum absolute atomic E-state index is 0.337. The van der Waals surface area contributed by atoms with Crippen LogP contribution in [0.3, 0.4) is 0 Å². The molecule has 1 aromatic rings. The van der Waals surface area contributed by atoms with Gasteiger partial charge in [0.05, 0.1) is 0 Å². The average Bonchev–Trinajstić information content (AvgIpc) is 2.75. The molecule has 0 aliphatic carbocycles. The summed E-state index contributed by atoms with van der Waals surface area (Å²) in [6.45, 7) is 2.15. The van der Waals surface area contributed by atoms with Gasteiger partial charge in [-0.3, -0.25) is 4.79 Å². The van der Waals surface area contributed by atoms with Crippen molar-refractivity contribution in [2.75, 3.05) is 0 Å². The van der Waals surface area contributed by atoms with Gasteiger partial charge in [-0.15, -0.1) is 0 Å². The van der Waals surface area contributed by atoms with E-state index >= 15 is 0 Å². The first kappa shape index (κ1) is 14.2. The molecule has 1 N–H and O–H groups in total. The normalized spacial score (nSPS) is 9.13. The SMILES string of the molecule is CCCCCCCC(=O)O.c1ccsc1. The van der Waals surface area contributed by atoms with Crippen LogP contribution in [0.5, 0.6) is 0 Å². The number of carbonyl (C=O) groups is 1. The van der Waals surface area contributed by atoms with Crippen molar-refractivity contribution in [1.82, 2.24) is 0 Å². The zero-order valence-corrected chi connectivity index (χ0v) is 10.1. The quantitative estimate of drug-likeness (QED) is 0.742. The number of carboxylic acid groups (broad SMARTS) is 1. The Morgan fingerprint density at radius 1 is 1.13 bits per heavy atom. The zero-order valence-electron chi connectivity index (χ0n) is 9.32. The number of hydrogen-bond donors (Lipinski definition) is 1. The van der Waals surface area contributed by atoms with E-state index < -0.39 is 5.97 Å². The minimum atomic E-state index is -0.670. The van der Waals surface area contributed by atoms with E-state index in [1.807, 2.05) is 22.9 Å². The van der Waals surface area contributed by atoms with Gasteiger partial charge in [-0.25, -0.2) is 0 Å². The third kappa shape index (κ3) is 13.2. The van der Waals surface area contributed by atoms with E-state index in [9.17, 15) is 4.79 Å². The van der Waals surface area contributed by atoms with E-state index in [1.54, 1.807) is 11.3 Å². The predicted molar refractivity (Wildman–Crippen MR) is 65.3 cm³/mol. The number of thiophene rings is 1. The van der Waals surface area contributed by atoms with Crippen molar-refractivity contribution in [3.63, 3.8) is 0 Å². The molecule has 1 aromatic heterocycles. The molecule has 0 atom stereocenters. The van der Waals surface area contributed by atoms with E-state index in [-0.39, 0.29) is 0 Å². The Bertz CT molecular complexity index is 202. The lowest BCUT2D eigenvalue weighted by atomic mass is 10.1. The lowest BCUT2D eigenvalue weighted by Crippen LogP contribution is -1.93. The molecule has 3 heteroatoms. The maximum absolute atomic E-state index is 10.0. The second-order valence-corrected chi connectivity index (χ2v) is 4.17. The fraction of sp³-hybridized carbons (Fsp3) is 0.583. The molecule has 1 rings (SSSR count). The minimum Gasteiger partial charge on any atom is -0.481 e. The Labute approximate surface area is 96.0 Å². The number of carboxylic acids is 1. The number of hydrogen-bond acceptors (Lipinski definition) is 2. The Morgan fingerprint density at radius 2 is 1.73 bits per heavy atom. The van der Waals surface area contributed by atoms with Crippen LogP contribution in [-0.2, 0) is 4.79 Å². The fourth-order valence-corrected chi connectivity index (χ4v) is 1.56.